The lowest BCUT2D eigenvalue weighted by Gasteiger charge is -2.16. The number of imidazole rings is 1. The number of ether oxygens (including phenoxy) is 1. The van der Waals surface area contributed by atoms with Crippen molar-refractivity contribution >= 4 is 34.5 Å². The quantitative estimate of drug-likeness (QED) is 0.502. The number of hydrogen-bond donors (Lipinski definition) is 1. The second kappa shape index (κ2) is 8.19. The Kier molecular flexibility index (Phi) is 5.07. The van der Waals surface area contributed by atoms with Crippen molar-refractivity contribution in [2.24, 2.45) is 0 Å². The number of methoxy groups -OCH3 is 1. The third-order valence-corrected chi connectivity index (χ3v) is 5.62. The van der Waals surface area contributed by atoms with Gasteiger partial charge in [-0.05, 0) is 42.0 Å². The molecule has 2 amide bonds. The van der Waals surface area contributed by atoms with Crippen molar-refractivity contribution in [1.29, 1.82) is 0 Å². The van der Waals surface area contributed by atoms with Crippen LogP contribution in [0.4, 0.5) is 11.6 Å². The van der Waals surface area contributed by atoms with E-state index < -0.39 is 6.04 Å². The Balaban J connectivity index is 1.46. The summed E-state index contributed by atoms with van der Waals surface area (Å²) in [4.78, 5) is 32.6. The van der Waals surface area contributed by atoms with Gasteiger partial charge in [0, 0.05) is 5.69 Å². The molecule has 1 aliphatic heterocycles. The summed E-state index contributed by atoms with van der Waals surface area (Å²) in [5.41, 5.74) is 3.29. The van der Waals surface area contributed by atoms with Gasteiger partial charge in [0.15, 0.2) is 0 Å². The maximum absolute atomic E-state index is 13.4. The fraction of sp³-hybridized carbons (Fsp3) is 0.160. The molecule has 1 aromatic heterocycles. The van der Waals surface area contributed by atoms with Crippen LogP contribution in [-0.4, -0.2) is 28.5 Å². The molecule has 0 spiro atoms. The summed E-state index contributed by atoms with van der Waals surface area (Å²) >= 11 is 0. The molecular weight excluding hydrogens is 404 g/mol. The number of nitrogens with one attached hydrogen (secondary N) is 1. The highest BCUT2D eigenvalue weighted by Crippen LogP contribution is 2.37. The Labute approximate surface area is 185 Å². The van der Waals surface area contributed by atoms with E-state index in [1.807, 2.05) is 83.4 Å². The number of carbonyl (C=O) groups is 2. The summed E-state index contributed by atoms with van der Waals surface area (Å²) in [5, 5.41) is 2.88. The van der Waals surface area contributed by atoms with Crippen molar-refractivity contribution in [2.75, 3.05) is 17.3 Å². The third kappa shape index (κ3) is 3.58. The molecule has 0 unspecified atom stereocenters. The summed E-state index contributed by atoms with van der Waals surface area (Å²) in [5.74, 6) is 0.954. The van der Waals surface area contributed by atoms with E-state index in [0.29, 0.717) is 18.2 Å². The number of fused-ring (bicyclic) bond motifs is 3. The molecular formula is C25H22N4O3. The van der Waals surface area contributed by atoms with Gasteiger partial charge in [-0.2, -0.15) is 0 Å². The lowest BCUT2D eigenvalue weighted by molar-refractivity contribution is -0.124. The van der Waals surface area contributed by atoms with E-state index >= 15 is 0 Å². The van der Waals surface area contributed by atoms with Crippen LogP contribution in [0.3, 0.4) is 0 Å². The minimum absolute atomic E-state index is 0.0280. The molecule has 5 rings (SSSR count). The van der Waals surface area contributed by atoms with Crippen LogP contribution in [0.5, 0.6) is 5.75 Å². The smallest absolute Gasteiger partial charge is 0.253 e. The average Bonchev–Trinajstić information content (AvgIpc) is 3.31. The van der Waals surface area contributed by atoms with Crippen LogP contribution < -0.4 is 15.0 Å². The second-order valence-electron chi connectivity index (χ2n) is 7.68. The molecule has 0 aliphatic carbocycles. The van der Waals surface area contributed by atoms with Crippen molar-refractivity contribution in [3.63, 3.8) is 0 Å². The van der Waals surface area contributed by atoms with Crippen molar-refractivity contribution < 1.29 is 14.3 Å². The number of aromatic nitrogens is 2. The maximum Gasteiger partial charge on any atom is 0.253 e. The van der Waals surface area contributed by atoms with Crippen molar-refractivity contribution in [1.82, 2.24) is 9.55 Å². The molecule has 1 N–H and O–H groups in total. The fourth-order valence-corrected chi connectivity index (χ4v) is 4.07. The monoisotopic (exact) mass is 426 g/mol. The van der Waals surface area contributed by atoms with E-state index in [-0.39, 0.29) is 18.2 Å². The number of anilines is 2. The molecule has 3 aromatic carbocycles. The molecule has 160 valence electrons. The van der Waals surface area contributed by atoms with E-state index in [1.54, 1.807) is 12.0 Å². The zero-order valence-corrected chi connectivity index (χ0v) is 17.6. The Morgan fingerprint density at radius 3 is 2.47 bits per heavy atom. The van der Waals surface area contributed by atoms with Crippen LogP contribution in [0.15, 0.2) is 78.9 Å². The molecule has 32 heavy (non-hydrogen) atoms. The van der Waals surface area contributed by atoms with Gasteiger partial charge in [-0.25, -0.2) is 4.98 Å². The first kappa shape index (κ1) is 19.8. The van der Waals surface area contributed by atoms with Gasteiger partial charge in [-0.3, -0.25) is 19.1 Å². The molecule has 0 bridgehead atoms. The van der Waals surface area contributed by atoms with Crippen LogP contribution in [-0.2, 0) is 16.1 Å². The summed E-state index contributed by atoms with van der Waals surface area (Å²) in [6.45, 7) is 0.364. The number of amides is 2. The van der Waals surface area contributed by atoms with Crippen LogP contribution in [0, 0.1) is 0 Å². The minimum atomic E-state index is -0.653. The van der Waals surface area contributed by atoms with Crippen molar-refractivity contribution in [3.8, 4) is 5.75 Å². The zero-order valence-electron chi connectivity index (χ0n) is 17.6. The van der Waals surface area contributed by atoms with Crippen LogP contribution in [0.1, 0.15) is 18.0 Å². The Morgan fingerprint density at radius 1 is 1.00 bits per heavy atom. The standard InChI is InChI=1S/C25H22N4O3/c1-32-19-13-11-17(12-14-19)16-28-24(31)22(15-23(30)26-18-7-3-2-4-8-18)29-21-10-6-5-9-20(21)27-25(28)29/h2-14,22H,15-16H2,1H3,(H,26,30)/t22-/m0/s1. The van der Waals surface area contributed by atoms with Crippen LogP contribution in [0.25, 0.3) is 11.0 Å². The molecule has 0 radical (unpaired) electrons. The molecule has 0 fully saturated rings. The number of hydrogen-bond acceptors (Lipinski definition) is 4. The van der Waals surface area contributed by atoms with E-state index in [4.69, 9.17) is 9.72 Å². The van der Waals surface area contributed by atoms with Gasteiger partial charge < -0.3 is 10.1 Å². The molecule has 1 atom stereocenters. The van der Waals surface area contributed by atoms with Gasteiger partial charge in [0.05, 0.1) is 31.1 Å². The molecule has 0 saturated carbocycles. The number of nitrogens with zero attached hydrogens (tertiary/aromatic N) is 3. The van der Waals surface area contributed by atoms with Gasteiger partial charge in [-0.15, -0.1) is 0 Å². The second-order valence-corrected chi connectivity index (χ2v) is 7.68. The van der Waals surface area contributed by atoms with Crippen LogP contribution >= 0.6 is 0 Å². The summed E-state index contributed by atoms with van der Waals surface area (Å²) in [7, 11) is 1.62. The number of carbonyl (C=O) groups excluding carboxylic acids is 2. The number of benzene rings is 3. The normalized spacial score (nSPS) is 15.1. The number of rotatable bonds is 6. The summed E-state index contributed by atoms with van der Waals surface area (Å²) < 4.78 is 7.11. The maximum atomic E-state index is 13.4. The van der Waals surface area contributed by atoms with E-state index in [1.165, 1.54) is 0 Å². The fourth-order valence-electron chi connectivity index (χ4n) is 4.07. The van der Waals surface area contributed by atoms with Crippen molar-refractivity contribution in [2.45, 2.75) is 19.0 Å². The lowest BCUT2D eigenvalue weighted by Crippen LogP contribution is -2.31. The summed E-state index contributed by atoms with van der Waals surface area (Å²) in [6.07, 6.45) is 0.0280. The Morgan fingerprint density at radius 2 is 1.72 bits per heavy atom. The number of para-hydroxylation sites is 3. The Hall–Kier alpha value is -4.13. The molecule has 7 heteroatoms. The highest BCUT2D eigenvalue weighted by atomic mass is 16.5. The molecule has 0 saturated heterocycles. The topological polar surface area (TPSA) is 76.5 Å². The first-order chi connectivity index (χ1) is 15.6. The first-order valence-corrected chi connectivity index (χ1v) is 10.4. The van der Waals surface area contributed by atoms with Gasteiger partial charge >= 0.3 is 0 Å². The lowest BCUT2D eigenvalue weighted by atomic mass is 10.1. The predicted molar refractivity (Wildman–Crippen MR) is 123 cm³/mol. The van der Waals surface area contributed by atoms with Crippen molar-refractivity contribution in [3.05, 3.63) is 84.4 Å². The van der Waals surface area contributed by atoms with E-state index in [0.717, 1.165) is 22.3 Å². The third-order valence-electron chi connectivity index (χ3n) is 5.62. The molecule has 1 aliphatic rings. The highest BCUT2D eigenvalue weighted by Gasteiger charge is 2.40. The van der Waals surface area contributed by atoms with Crippen LogP contribution in [0.2, 0.25) is 0 Å². The summed E-state index contributed by atoms with van der Waals surface area (Å²) in [6, 6.07) is 23.8. The first-order valence-electron chi connectivity index (χ1n) is 10.4. The van der Waals surface area contributed by atoms with Gasteiger partial charge in [-0.1, -0.05) is 42.5 Å². The molecule has 2 heterocycles. The molecule has 7 nitrogen and oxygen atoms in total. The molecule has 4 aromatic rings. The predicted octanol–water partition coefficient (Wildman–Crippen LogP) is 4.16. The van der Waals surface area contributed by atoms with E-state index in [2.05, 4.69) is 5.32 Å². The van der Waals surface area contributed by atoms with Gasteiger partial charge in [0.25, 0.3) is 5.91 Å². The zero-order chi connectivity index (χ0) is 22.1. The SMILES string of the molecule is COc1ccc(CN2C(=O)[C@H](CC(=O)Nc3ccccc3)n3c2nc2ccccc23)cc1. The van der Waals surface area contributed by atoms with Gasteiger partial charge in [0.2, 0.25) is 11.9 Å². The Bertz CT molecular complexity index is 1280. The van der Waals surface area contributed by atoms with E-state index in [9.17, 15) is 9.59 Å². The minimum Gasteiger partial charge on any atom is -0.497 e. The van der Waals surface area contributed by atoms with Gasteiger partial charge in [0.1, 0.15) is 11.8 Å². The largest absolute Gasteiger partial charge is 0.497 e. The highest BCUT2D eigenvalue weighted by molar-refractivity contribution is 6.05. The average molecular weight is 426 g/mol.